The van der Waals surface area contributed by atoms with Crippen LogP contribution in [0.25, 0.3) is 0 Å². The molecule has 4 saturated carbocycles. The van der Waals surface area contributed by atoms with Crippen LogP contribution in [0.1, 0.15) is 98.8 Å². The fourth-order valence-corrected chi connectivity index (χ4v) is 9.73. The summed E-state index contributed by atoms with van der Waals surface area (Å²) in [5.74, 6) is 4.31. The van der Waals surface area contributed by atoms with Crippen LogP contribution < -0.4 is 0 Å². The average Bonchev–Trinajstić information content (AvgIpc) is 3.05. The van der Waals surface area contributed by atoms with E-state index in [1.807, 2.05) is 6.92 Å². The molecule has 2 N–H and O–H groups in total. The third-order valence-corrected chi connectivity index (χ3v) is 11.2. The molecule has 0 radical (unpaired) electrons. The Hall–Kier alpha value is -0.570. The summed E-state index contributed by atoms with van der Waals surface area (Å²) in [4.78, 5) is 11.4. The zero-order valence-electron chi connectivity index (χ0n) is 20.1. The molecule has 0 aromatic rings. The molecule has 0 spiro atoms. The molecule has 0 aromatic carbocycles. The maximum Gasteiger partial charge on any atom is 0.306 e. The Bertz CT molecular complexity index is 646. The minimum atomic E-state index is -0.637. The van der Waals surface area contributed by atoms with Gasteiger partial charge in [0.05, 0.1) is 12.0 Å². The molecule has 0 aliphatic heterocycles. The highest BCUT2D eigenvalue weighted by atomic mass is 16.4. The molecule has 0 saturated heterocycles. The van der Waals surface area contributed by atoms with Crippen molar-refractivity contribution >= 4 is 5.97 Å². The Balaban J connectivity index is 1.57. The monoisotopic (exact) mass is 418 g/mol. The Kier molecular flexibility index (Phi) is 6.10. The summed E-state index contributed by atoms with van der Waals surface area (Å²) in [5, 5.41) is 19.8. The third-order valence-electron chi connectivity index (χ3n) is 11.2. The normalized spacial score (nSPS) is 50.1. The molecule has 0 heterocycles. The lowest BCUT2D eigenvalue weighted by Gasteiger charge is -2.63. The van der Waals surface area contributed by atoms with Crippen molar-refractivity contribution in [3.05, 3.63) is 0 Å². The van der Waals surface area contributed by atoms with E-state index in [9.17, 15) is 15.0 Å². The second kappa shape index (κ2) is 8.09. The van der Waals surface area contributed by atoms with E-state index >= 15 is 0 Å². The Morgan fingerprint density at radius 1 is 0.967 bits per heavy atom. The van der Waals surface area contributed by atoms with Crippen molar-refractivity contribution in [1.29, 1.82) is 0 Å². The highest BCUT2D eigenvalue weighted by Gasteiger charge is 2.62. The molecule has 0 aromatic heterocycles. The minimum absolute atomic E-state index is 0.0736. The first-order valence-corrected chi connectivity index (χ1v) is 13.0. The lowest BCUT2D eigenvalue weighted by molar-refractivity contribution is -0.153. The lowest BCUT2D eigenvalue weighted by atomic mass is 9.42. The van der Waals surface area contributed by atoms with Gasteiger partial charge >= 0.3 is 5.97 Å². The predicted octanol–water partition coefficient (Wildman–Crippen LogP) is 6.39. The summed E-state index contributed by atoms with van der Waals surface area (Å²) in [5.41, 5.74) is 0.820. The lowest BCUT2D eigenvalue weighted by Crippen LogP contribution is -2.56. The largest absolute Gasteiger partial charge is 0.481 e. The number of hydrogen-bond donors (Lipinski definition) is 2. The Morgan fingerprint density at radius 3 is 2.30 bits per heavy atom. The molecule has 172 valence electrons. The van der Waals surface area contributed by atoms with E-state index in [0.29, 0.717) is 28.6 Å². The van der Waals surface area contributed by atoms with Crippen LogP contribution in [0.4, 0.5) is 0 Å². The summed E-state index contributed by atoms with van der Waals surface area (Å²) >= 11 is 0. The van der Waals surface area contributed by atoms with E-state index in [0.717, 1.165) is 42.9 Å². The SMILES string of the molecule is CC[C@H]1C[C@@H]2[C@H](CC[C@]3(C)[C@@H]([C@H](C)C[C@H](C)C(=O)O)CC[C@@H]23)[C@@]2(C)CC[C@@H](O)C[C@@H]12. The smallest absolute Gasteiger partial charge is 0.306 e. The molecule has 4 aliphatic carbocycles. The predicted molar refractivity (Wildman–Crippen MR) is 121 cm³/mol. The number of aliphatic carboxylic acids is 1. The molecule has 4 aliphatic rings. The van der Waals surface area contributed by atoms with Crippen LogP contribution in [0, 0.1) is 58.2 Å². The van der Waals surface area contributed by atoms with Crippen LogP contribution in [0.3, 0.4) is 0 Å². The van der Waals surface area contributed by atoms with Crippen molar-refractivity contribution in [3.63, 3.8) is 0 Å². The number of fused-ring (bicyclic) bond motifs is 5. The third kappa shape index (κ3) is 3.46. The molecule has 30 heavy (non-hydrogen) atoms. The summed E-state index contributed by atoms with van der Waals surface area (Å²) in [7, 11) is 0. The van der Waals surface area contributed by atoms with Gasteiger partial charge < -0.3 is 10.2 Å². The zero-order valence-corrected chi connectivity index (χ0v) is 20.1. The van der Waals surface area contributed by atoms with E-state index in [1.54, 1.807) is 0 Å². The molecule has 0 amide bonds. The van der Waals surface area contributed by atoms with Crippen molar-refractivity contribution < 1.29 is 15.0 Å². The molecule has 0 unspecified atom stereocenters. The van der Waals surface area contributed by atoms with Gasteiger partial charge in [-0.1, -0.05) is 41.0 Å². The van der Waals surface area contributed by atoms with Crippen LogP contribution >= 0.6 is 0 Å². The molecule has 4 fully saturated rings. The number of hydrogen-bond acceptors (Lipinski definition) is 2. The first kappa shape index (κ1) is 22.6. The molecule has 3 nitrogen and oxygen atoms in total. The van der Waals surface area contributed by atoms with Gasteiger partial charge in [0, 0.05) is 0 Å². The summed E-state index contributed by atoms with van der Waals surface area (Å²) in [6.07, 6.45) is 12.0. The van der Waals surface area contributed by atoms with Gasteiger partial charge in [-0.15, -0.1) is 0 Å². The van der Waals surface area contributed by atoms with Crippen LogP contribution in [0.15, 0.2) is 0 Å². The van der Waals surface area contributed by atoms with Crippen molar-refractivity contribution in [2.45, 2.75) is 105 Å². The van der Waals surface area contributed by atoms with Gasteiger partial charge in [-0.3, -0.25) is 4.79 Å². The number of rotatable bonds is 5. The van der Waals surface area contributed by atoms with E-state index in [4.69, 9.17) is 0 Å². The fourth-order valence-electron chi connectivity index (χ4n) is 9.73. The van der Waals surface area contributed by atoms with Gasteiger partial charge in [0.1, 0.15) is 0 Å². The van der Waals surface area contributed by atoms with E-state index in [-0.39, 0.29) is 12.0 Å². The molecule has 3 heteroatoms. The number of carboxylic acids is 1. The summed E-state index contributed by atoms with van der Waals surface area (Å²) in [6.45, 7) is 11.8. The van der Waals surface area contributed by atoms with E-state index in [1.165, 1.54) is 44.9 Å². The van der Waals surface area contributed by atoms with Crippen LogP contribution in [-0.2, 0) is 4.79 Å². The van der Waals surface area contributed by atoms with E-state index in [2.05, 4.69) is 27.7 Å². The van der Waals surface area contributed by atoms with Gasteiger partial charge in [-0.2, -0.15) is 0 Å². The highest BCUT2D eigenvalue weighted by Crippen LogP contribution is 2.69. The minimum Gasteiger partial charge on any atom is -0.481 e. The van der Waals surface area contributed by atoms with Crippen LogP contribution in [0.2, 0.25) is 0 Å². The van der Waals surface area contributed by atoms with Crippen LogP contribution in [0.5, 0.6) is 0 Å². The highest BCUT2D eigenvalue weighted by molar-refractivity contribution is 5.69. The number of carboxylic acid groups (broad SMARTS) is 1. The van der Waals surface area contributed by atoms with Crippen molar-refractivity contribution in [2.24, 2.45) is 58.2 Å². The second-order valence-electron chi connectivity index (χ2n) is 12.5. The van der Waals surface area contributed by atoms with E-state index < -0.39 is 5.97 Å². The summed E-state index contributed by atoms with van der Waals surface area (Å²) in [6, 6.07) is 0. The quantitative estimate of drug-likeness (QED) is 0.544. The first-order valence-electron chi connectivity index (χ1n) is 13.0. The maximum absolute atomic E-state index is 11.4. The molecule has 4 rings (SSSR count). The fraction of sp³-hybridized carbons (Fsp3) is 0.963. The van der Waals surface area contributed by atoms with Crippen LogP contribution in [-0.4, -0.2) is 22.3 Å². The molecule has 0 bridgehead atoms. The van der Waals surface area contributed by atoms with Gasteiger partial charge in [0.15, 0.2) is 0 Å². The Morgan fingerprint density at radius 2 is 1.63 bits per heavy atom. The average molecular weight is 419 g/mol. The number of carbonyl (C=O) groups is 1. The molecular formula is C27H46O3. The Labute approximate surface area is 184 Å². The van der Waals surface area contributed by atoms with Gasteiger partial charge in [-0.05, 0) is 110 Å². The molecule has 11 atom stereocenters. The van der Waals surface area contributed by atoms with Gasteiger partial charge in [0.25, 0.3) is 0 Å². The summed E-state index contributed by atoms with van der Waals surface area (Å²) < 4.78 is 0. The second-order valence-corrected chi connectivity index (χ2v) is 12.5. The van der Waals surface area contributed by atoms with Crippen molar-refractivity contribution in [3.8, 4) is 0 Å². The zero-order chi connectivity index (χ0) is 21.8. The number of aliphatic hydroxyl groups is 1. The standard InChI is InChI=1S/C27H46O3/c1-6-18-14-20-22-8-7-21(16(2)13-17(3)25(29)30)26(22,4)12-10-23(20)27(5)11-9-19(28)15-24(18)27/h16-24,28H,6-15H2,1-5H3,(H,29,30)/t16-,17+,18+,19-,20+,21-,22+,23+,24+,26-,27-/m1/s1. The first-order chi connectivity index (χ1) is 14.1. The van der Waals surface area contributed by atoms with Gasteiger partial charge in [-0.25, -0.2) is 0 Å². The van der Waals surface area contributed by atoms with Gasteiger partial charge in [0.2, 0.25) is 0 Å². The maximum atomic E-state index is 11.4. The topological polar surface area (TPSA) is 57.5 Å². The molecular weight excluding hydrogens is 372 g/mol. The number of aliphatic hydroxyl groups excluding tert-OH is 1. The van der Waals surface area contributed by atoms with Crippen molar-refractivity contribution in [2.75, 3.05) is 0 Å². The van der Waals surface area contributed by atoms with Crippen molar-refractivity contribution in [1.82, 2.24) is 0 Å².